The van der Waals surface area contributed by atoms with Crippen LogP contribution in [0.5, 0.6) is 5.75 Å². The fraction of sp³-hybridized carbons (Fsp3) is 0.438. The number of aromatic nitrogens is 2. The fourth-order valence-corrected chi connectivity index (χ4v) is 2.90. The molecule has 7 nitrogen and oxygen atoms in total. The number of carbonyl (C=O) groups is 1. The Hall–Kier alpha value is -2.57. The molecular weight excluding hydrogens is 296 g/mol. The highest BCUT2D eigenvalue weighted by Crippen LogP contribution is 2.31. The number of carbonyl (C=O) groups excluding carboxylic acids is 1. The summed E-state index contributed by atoms with van der Waals surface area (Å²) < 4.78 is 10.5. The second kappa shape index (κ2) is 5.57. The maximum Gasteiger partial charge on any atom is 0.322 e. The highest BCUT2D eigenvalue weighted by atomic mass is 16.5. The summed E-state index contributed by atoms with van der Waals surface area (Å²) in [5.74, 6) is 1.44. The molecule has 0 bridgehead atoms. The summed E-state index contributed by atoms with van der Waals surface area (Å²) in [5.41, 5.74) is 0.822. The third-order valence-corrected chi connectivity index (χ3v) is 4.23. The molecule has 1 N–H and O–H groups in total. The van der Waals surface area contributed by atoms with Crippen molar-refractivity contribution in [3.8, 4) is 17.1 Å². The third kappa shape index (κ3) is 2.86. The monoisotopic (exact) mass is 314 g/mol. The number of amides is 1. The first-order chi connectivity index (χ1) is 11.2. The van der Waals surface area contributed by atoms with Gasteiger partial charge >= 0.3 is 6.01 Å². The first-order valence-electron chi connectivity index (χ1n) is 7.77. The van der Waals surface area contributed by atoms with Crippen LogP contribution in [-0.2, 0) is 4.79 Å². The summed E-state index contributed by atoms with van der Waals surface area (Å²) in [4.78, 5) is 18.3. The number of rotatable bonds is 5. The number of benzene rings is 1. The molecule has 0 unspecified atom stereocenters. The Bertz CT molecular complexity index is 726. The molecule has 23 heavy (non-hydrogen) atoms. The lowest BCUT2D eigenvalue weighted by atomic mass is 10.2. The molecule has 1 atom stereocenters. The second-order valence-electron chi connectivity index (χ2n) is 5.98. The van der Waals surface area contributed by atoms with Crippen molar-refractivity contribution in [1.82, 2.24) is 15.0 Å². The minimum absolute atomic E-state index is 0.0294. The van der Waals surface area contributed by atoms with E-state index in [1.807, 2.05) is 29.2 Å². The normalized spacial score (nSPS) is 20.8. The van der Waals surface area contributed by atoms with Gasteiger partial charge in [0.1, 0.15) is 5.75 Å². The number of likely N-dealkylation sites (tertiary alicyclic amines) is 1. The molecular formula is C16H18N4O3. The molecule has 1 saturated carbocycles. The molecule has 1 saturated heterocycles. The van der Waals surface area contributed by atoms with E-state index < -0.39 is 0 Å². The van der Waals surface area contributed by atoms with Gasteiger partial charge in [0.2, 0.25) is 11.7 Å². The number of nitrogens with one attached hydrogen (secondary N) is 1. The van der Waals surface area contributed by atoms with E-state index in [1.54, 1.807) is 7.11 Å². The predicted octanol–water partition coefficient (Wildman–Crippen LogP) is 1.92. The lowest BCUT2D eigenvalue weighted by Crippen LogP contribution is -2.29. The Kier molecular flexibility index (Phi) is 3.40. The number of hydrogen-bond acceptors (Lipinski definition) is 6. The van der Waals surface area contributed by atoms with Crippen molar-refractivity contribution in [2.24, 2.45) is 0 Å². The van der Waals surface area contributed by atoms with E-state index >= 15 is 0 Å². The van der Waals surface area contributed by atoms with Gasteiger partial charge in [-0.3, -0.25) is 4.79 Å². The van der Waals surface area contributed by atoms with Crippen molar-refractivity contribution in [2.45, 2.75) is 31.3 Å². The van der Waals surface area contributed by atoms with Crippen molar-refractivity contribution in [2.75, 3.05) is 19.0 Å². The number of ether oxygens (including phenoxy) is 1. The first-order valence-corrected chi connectivity index (χ1v) is 7.77. The van der Waals surface area contributed by atoms with E-state index in [2.05, 4.69) is 15.5 Å². The second-order valence-corrected chi connectivity index (χ2v) is 5.98. The SMILES string of the molecule is COc1cccc(-c2noc(N[C@@H]3CC(=O)N(C4CC4)C3)n2)c1. The largest absolute Gasteiger partial charge is 0.497 e. The predicted molar refractivity (Wildman–Crippen MR) is 83.0 cm³/mol. The minimum Gasteiger partial charge on any atom is -0.497 e. The van der Waals surface area contributed by atoms with Crippen LogP contribution < -0.4 is 10.1 Å². The average molecular weight is 314 g/mol. The first kappa shape index (κ1) is 14.0. The number of nitrogens with zero attached hydrogens (tertiary/aromatic N) is 3. The third-order valence-electron chi connectivity index (χ3n) is 4.23. The van der Waals surface area contributed by atoms with Gasteiger partial charge in [0, 0.05) is 24.6 Å². The standard InChI is InChI=1S/C16H18N4O3/c1-22-13-4-2-3-10(7-13)15-18-16(23-19-15)17-11-8-14(21)20(9-11)12-5-6-12/h2-4,7,11-12H,5-6,8-9H2,1H3,(H,17,18,19)/t11-/m1/s1. The molecule has 1 aromatic carbocycles. The van der Waals surface area contributed by atoms with E-state index in [9.17, 15) is 4.79 Å². The molecule has 1 aliphatic carbocycles. The molecule has 2 fully saturated rings. The molecule has 1 amide bonds. The zero-order valence-corrected chi connectivity index (χ0v) is 12.9. The zero-order chi connectivity index (χ0) is 15.8. The highest BCUT2D eigenvalue weighted by molar-refractivity contribution is 5.80. The zero-order valence-electron chi connectivity index (χ0n) is 12.9. The van der Waals surface area contributed by atoms with Crippen molar-refractivity contribution < 1.29 is 14.1 Å². The maximum atomic E-state index is 12.0. The Balaban J connectivity index is 1.45. The summed E-state index contributed by atoms with van der Waals surface area (Å²) in [6, 6.07) is 8.30. The van der Waals surface area contributed by atoms with E-state index in [0.29, 0.717) is 30.8 Å². The fourth-order valence-electron chi connectivity index (χ4n) is 2.90. The van der Waals surface area contributed by atoms with E-state index in [0.717, 1.165) is 24.2 Å². The lowest BCUT2D eigenvalue weighted by Gasteiger charge is -2.15. The molecule has 7 heteroatoms. The van der Waals surface area contributed by atoms with Crippen molar-refractivity contribution in [3.05, 3.63) is 24.3 Å². The van der Waals surface area contributed by atoms with Gasteiger partial charge in [0.05, 0.1) is 13.2 Å². The number of hydrogen-bond donors (Lipinski definition) is 1. The summed E-state index contributed by atoms with van der Waals surface area (Å²) in [6.07, 6.45) is 2.73. The van der Waals surface area contributed by atoms with Gasteiger partial charge in [-0.15, -0.1) is 0 Å². The summed E-state index contributed by atoms with van der Waals surface area (Å²) in [5, 5.41) is 7.16. The van der Waals surface area contributed by atoms with Crippen LogP contribution >= 0.6 is 0 Å². The van der Waals surface area contributed by atoms with Crippen LogP contribution in [0.15, 0.2) is 28.8 Å². The van der Waals surface area contributed by atoms with Gasteiger partial charge in [-0.1, -0.05) is 17.3 Å². The smallest absolute Gasteiger partial charge is 0.322 e. The molecule has 2 aliphatic rings. The molecule has 120 valence electrons. The molecule has 1 aromatic heterocycles. The van der Waals surface area contributed by atoms with Gasteiger partial charge in [-0.2, -0.15) is 4.98 Å². The van der Waals surface area contributed by atoms with Crippen LogP contribution in [0.3, 0.4) is 0 Å². The maximum absolute atomic E-state index is 12.0. The van der Waals surface area contributed by atoms with E-state index in [-0.39, 0.29) is 11.9 Å². The molecule has 4 rings (SSSR count). The van der Waals surface area contributed by atoms with E-state index in [1.165, 1.54) is 0 Å². The van der Waals surface area contributed by atoms with Crippen LogP contribution in [0.1, 0.15) is 19.3 Å². The molecule has 0 radical (unpaired) electrons. The summed E-state index contributed by atoms with van der Waals surface area (Å²) >= 11 is 0. The van der Waals surface area contributed by atoms with Gasteiger partial charge < -0.3 is 19.5 Å². The van der Waals surface area contributed by atoms with Gasteiger partial charge in [0.25, 0.3) is 0 Å². The highest BCUT2D eigenvalue weighted by Gasteiger charge is 2.39. The quantitative estimate of drug-likeness (QED) is 0.908. The van der Waals surface area contributed by atoms with Crippen LogP contribution in [-0.4, -0.2) is 46.7 Å². The van der Waals surface area contributed by atoms with Gasteiger partial charge in [-0.05, 0) is 25.0 Å². The van der Waals surface area contributed by atoms with E-state index in [4.69, 9.17) is 9.26 Å². The van der Waals surface area contributed by atoms with Crippen LogP contribution in [0.2, 0.25) is 0 Å². The molecule has 0 spiro atoms. The summed E-state index contributed by atoms with van der Waals surface area (Å²) in [6.45, 7) is 0.709. The topological polar surface area (TPSA) is 80.5 Å². The van der Waals surface area contributed by atoms with Crippen molar-refractivity contribution in [1.29, 1.82) is 0 Å². The number of anilines is 1. The summed E-state index contributed by atoms with van der Waals surface area (Å²) in [7, 11) is 1.62. The molecule has 2 aromatic rings. The Morgan fingerprint density at radius 3 is 3.04 bits per heavy atom. The van der Waals surface area contributed by atoms with Crippen LogP contribution in [0.25, 0.3) is 11.4 Å². The molecule has 1 aliphatic heterocycles. The van der Waals surface area contributed by atoms with Crippen LogP contribution in [0, 0.1) is 0 Å². The van der Waals surface area contributed by atoms with Gasteiger partial charge in [0.15, 0.2) is 0 Å². The minimum atomic E-state index is 0.0294. The Morgan fingerprint density at radius 2 is 2.26 bits per heavy atom. The van der Waals surface area contributed by atoms with Crippen molar-refractivity contribution >= 4 is 11.9 Å². The molecule has 2 heterocycles. The lowest BCUT2D eigenvalue weighted by molar-refractivity contribution is -0.128. The van der Waals surface area contributed by atoms with Crippen LogP contribution in [0.4, 0.5) is 6.01 Å². The van der Waals surface area contributed by atoms with Gasteiger partial charge in [-0.25, -0.2) is 0 Å². The average Bonchev–Trinajstić information content (AvgIpc) is 3.20. The number of methoxy groups -OCH3 is 1. The van der Waals surface area contributed by atoms with Crippen molar-refractivity contribution in [3.63, 3.8) is 0 Å². The Morgan fingerprint density at radius 1 is 1.39 bits per heavy atom. The Labute approximate surface area is 133 Å².